The summed E-state index contributed by atoms with van der Waals surface area (Å²) in [5, 5.41) is 19.6. The van der Waals surface area contributed by atoms with Crippen LogP contribution in [0.25, 0.3) is 0 Å². The Balaban J connectivity index is 1.28. The van der Waals surface area contributed by atoms with E-state index in [4.69, 9.17) is 14.2 Å². The fraction of sp³-hybridized carbons (Fsp3) is 0.500. The van der Waals surface area contributed by atoms with E-state index in [0.29, 0.717) is 18.5 Å². The quantitative estimate of drug-likeness (QED) is 0.483. The summed E-state index contributed by atoms with van der Waals surface area (Å²) in [4.78, 5) is 37.8. The van der Waals surface area contributed by atoms with Crippen molar-refractivity contribution in [2.24, 2.45) is 0 Å². The zero-order valence-corrected chi connectivity index (χ0v) is 19.8. The second kappa shape index (κ2) is 10.7. The summed E-state index contributed by atoms with van der Waals surface area (Å²) in [6, 6.07) is 4.67. The fourth-order valence-electron chi connectivity index (χ4n) is 4.62. The van der Waals surface area contributed by atoms with Crippen molar-refractivity contribution < 1.29 is 33.7 Å². The van der Waals surface area contributed by atoms with Gasteiger partial charge in [0, 0.05) is 42.4 Å². The largest absolute Gasteiger partial charge is 0.507 e. The molecule has 11 nitrogen and oxygen atoms in total. The number of aldehydes is 1. The van der Waals surface area contributed by atoms with Crippen molar-refractivity contribution >= 4 is 24.1 Å². The number of carbonyl (C=O) groups excluding carboxylic acids is 3. The van der Waals surface area contributed by atoms with Gasteiger partial charge in [0.05, 0.1) is 12.7 Å². The zero-order valence-electron chi connectivity index (χ0n) is 19.8. The van der Waals surface area contributed by atoms with Crippen LogP contribution in [-0.4, -0.2) is 70.9 Å². The molecule has 3 N–H and O–H groups in total. The molecule has 2 aromatic rings. The predicted molar refractivity (Wildman–Crippen MR) is 125 cm³/mol. The number of benzene rings is 1. The molecule has 2 heterocycles. The summed E-state index contributed by atoms with van der Waals surface area (Å²) in [5.41, 5.74) is 0.784. The molecule has 1 saturated carbocycles. The average molecular weight is 487 g/mol. The van der Waals surface area contributed by atoms with E-state index >= 15 is 0 Å². The summed E-state index contributed by atoms with van der Waals surface area (Å²) in [5.74, 6) is 0.0139. The number of nitrogens with zero attached hydrogens (tertiary/aromatic N) is 2. The third kappa shape index (κ3) is 5.67. The lowest BCUT2D eigenvalue weighted by Gasteiger charge is -2.23. The minimum atomic E-state index is -0.486. The predicted octanol–water partition coefficient (Wildman–Crippen LogP) is 3.21. The lowest BCUT2D eigenvalue weighted by atomic mass is 10.0. The minimum Gasteiger partial charge on any atom is -0.507 e. The van der Waals surface area contributed by atoms with Crippen LogP contribution in [0, 0.1) is 0 Å². The second-order valence-corrected chi connectivity index (χ2v) is 8.92. The number of ether oxygens (including phenoxy) is 3. The van der Waals surface area contributed by atoms with Crippen LogP contribution >= 0.6 is 0 Å². The van der Waals surface area contributed by atoms with Crippen molar-refractivity contribution in [3.63, 3.8) is 0 Å². The Bertz CT molecular complexity index is 1090. The Kier molecular flexibility index (Phi) is 7.42. The molecule has 1 aromatic carbocycles. The third-order valence-electron chi connectivity index (χ3n) is 6.55. The van der Waals surface area contributed by atoms with E-state index in [1.54, 1.807) is 11.0 Å². The summed E-state index contributed by atoms with van der Waals surface area (Å²) in [6.07, 6.45) is 4.41. The van der Waals surface area contributed by atoms with Crippen LogP contribution in [0.4, 0.5) is 10.6 Å². The van der Waals surface area contributed by atoms with E-state index in [2.05, 4.69) is 15.5 Å². The van der Waals surface area contributed by atoms with Crippen molar-refractivity contribution in [2.75, 3.05) is 25.6 Å². The van der Waals surface area contributed by atoms with Gasteiger partial charge in [-0.25, -0.2) is 4.79 Å². The summed E-state index contributed by atoms with van der Waals surface area (Å²) >= 11 is 0. The molecular weight excluding hydrogens is 456 g/mol. The molecule has 35 heavy (non-hydrogen) atoms. The van der Waals surface area contributed by atoms with Gasteiger partial charge in [0.2, 0.25) is 0 Å². The van der Waals surface area contributed by atoms with Gasteiger partial charge in [0.1, 0.15) is 23.4 Å². The molecule has 0 unspecified atom stereocenters. The van der Waals surface area contributed by atoms with Crippen molar-refractivity contribution in [3.8, 4) is 17.2 Å². The topological polar surface area (TPSA) is 143 Å². The lowest BCUT2D eigenvalue weighted by Crippen LogP contribution is -2.36. The molecule has 0 radical (unpaired) electrons. The molecule has 2 fully saturated rings. The number of likely N-dealkylation sites (tertiary alicyclic amines) is 1. The summed E-state index contributed by atoms with van der Waals surface area (Å²) < 4.78 is 16.2. The maximum atomic E-state index is 12.4. The molecule has 1 aliphatic heterocycles. The first kappa shape index (κ1) is 24.4. The van der Waals surface area contributed by atoms with Crippen LogP contribution in [-0.2, 0) is 9.53 Å². The fourth-order valence-corrected chi connectivity index (χ4v) is 4.62. The highest BCUT2D eigenvalue weighted by atomic mass is 16.6. The highest BCUT2D eigenvalue weighted by molar-refractivity contribution is 5.91. The summed E-state index contributed by atoms with van der Waals surface area (Å²) in [6.45, 7) is 2.39. The number of H-pyrrole nitrogens is 1. The highest BCUT2D eigenvalue weighted by Gasteiger charge is 2.33. The van der Waals surface area contributed by atoms with Gasteiger partial charge in [0.15, 0.2) is 18.7 Å². The molecule has 1 saturated heterocycles. The van der Waals surface area contributed by atoms with Crippen LogP contribution in [0.2, 0.25) is 0 Å². The molecule has 0 bridgehead atoms. The number of carbonyl (C=O) groups is 3. The van der Waals surface area contributed by atoms with Gasteiger partial charge in [-0.2, -0.15) is 5.10 Å². The number of aromatic nitrogens is 2. The van der Waals surface area contributed by atoms with Crippen LogP contribution < -0.4 is 14.8 Å². The monoisotopic (exact) mass is 486 g/mol. The van der Waals surface area contributed by atoms with Crippen molar-refractivity contribution in [3.05, 3.63) is 29.5 Å². The normalized spacial score (nSPS) is 21.5. The smallest absolute Gasteiger partial charge is 0.410 e. The van der Waals surface area contributed by atoms with Gasteiger partial charge in [-0.15, -0.1) is 0 Å². The van der Waals surface area contributed by atoms with Crippen molar-refractivity contribution in [2.45, 2.75) is 57.1 Å². The Hall–Kier alpha value is -3.76. The molecule has 188 valence electrons. The zero-order chi connectivity index (χ0) is 24.9. The van der Waals surface area contributed by atoms with E-state index in [1.165, 1.54) is 19.2 Å². The lowest BCUT2D eigenvalue weighted by molar-refractivity contribution is -0.118. The van der Waals surface area contributed by atoms with Crippen molar-refractivity contribution in [1.29, 1.82) is 0 Å². The standard InChI is InChI=1S/C24H30N4O7/c1-14-4-3-7-28(14)24(32)35-16-6-5-15(8-16)19-11-22(27-26-19)25-23(31)13-34-21-10-17(33-2)9-20(30)18(21)12-29/h9-12,14-16,30H,3-8,13H2,1-2H3,(H2,25,26,27,31)/t14-,15-,16+/m0/s1. The van der Waals surface area contributed by atoms with Crippen molar-refractivity contribution in [1.82, 2.24) is 15.1 Å². The Morgan fingerprint density at radius 2 is 2.11 bits per heavy atom. The Morgan fingerprint density at radius 3 is 2.83 bits per heavy atom. The molecule has 1 aliphatic carbocycles. The number of nitrogens with one attached hydrogen (secondary N) is 2. The first-order chi connectivity index (χ1) is 16.9. The molecule has 3 atom stereocenters. The number of aromatic hydroxyl groups is 1. The third-order valence-corrected chi connectivity index (χ3v) is 6.55. The number of anilines is 1. The number of methoxy groups -OCH3 is 1. The van der Waals surface area contributed by atoms with Crippen LogP contribution in [0.5, 0.6) is 17.2 Å². The number of rotatable bonds is 8. The first-order valence-corrected chi connectivity index (χ1v) is 11.7. The number of hydrogen-bond donors (Lipinski definition) is 3. The average Bonchev–Trinajstić information content (AvgIpc) is 3.58. The minimum absolute atomic E-state index is 0.0320. The van der Waals surface area contributed by atoms with Gasteiger partial charge >= 0.3 is 6.09 Å². The molecule has 11 heteroatoms. The number of hydrogen-bond acceptors (Lipinski definition) is 8. The van der Waals surface area contributed by atoms with Gasteiger partial charge in [0.25, 0.3) is 5.91 Å². The van der Waals surface area contributed by atoms with Gasteiger partial charge < -0.3 is 29.5 Å². The maximum Gasteiger partial charge on any atom is 0.410 e. The number of aromatic amines is 1. The Morgan fingerprint density at radius 1 is 1.29 bits per heavy atom. The molecule has 4 rings (SSSR count). The van der Waals surface area contributed by atoms with Gasteiger partial charge in [-0.1, -0.05) is 0 Å². The van der Waals surface area contributed by atoms with E-state index in [9.17, 15) is 19.5 Å². The molecule has 1 aromatic heterocycles. The van der Waals surface area contributed by atoms with Crippen LogP contribution in [0.15, 0.2) is 18.2 Å². The van der Waals surface area contributed by atoms with Crippen LogP contribution in [0.1, 0.15) is 61.0 Å². The number of phenols is 1. The molecule has 2 aliphatic rings. The molecule has 2 amide bonds. The molecule has 0 spiro atoms. The SMILES string of the molecule is COc1cc(O)c(C=O)c(OCC(=O)Nc2cc([C@H]3CC[C@@H](OC(=O)N4CCC[C@@H]4C)C3)[nH]n2)c1. The maximum absolute atomic E-state index is 12.4. The van der Waals surface area contributed by atoms with Crippen LogP contribution in [0.3, 0.4) is 0 Å². The van der Waals surface area contributed by atoms with E-state index < -0.39 is 12.5 Å². The highest BCUT2D eigenvalue weighted by Crippen LogP contribution is 2.36. The van der Waals surface area contributed by atoms with E-state index in [-0.39, 0.29) is 47.0 Å². The second-order valence-electron chi connectivity index (χ2n) is 8.92. The first-order valence-electron chi connectivity index (χ1n) is 11.7. The van der Waals surface area contributed by atoms with Gasteiger partial charge in [-0.05, 0) is 39.0 Å². The molecular formula is C24H30N4O7. The Labute approximate surface area is 202 Å². The van der Waals surface area contributed by atoms with E-state index in [1.807, 2.05) is 6.92 Å². The van der Waals surface area contributed by atoms with E-state index in [0.717, 1.165) is 37.9 Å². The number of phenolic OH excluding ortho intramolecular Hbond substituents is 1. The summed E-state index contributed by atoms with van der Waals surface area (Å²) in [7, 11) is 1.41. The number of amides is 2. The van der Waals surface area contributed by atoms with Gasteiger partial charge in [-0.3, -0.25) is 14.7 Å².